The molecule has 4 heterocycles. The molecule has 8 rings (SSSR count). The summed E-state index contributed by atoms with van der Waals surface area (Å²) in [6.45, 7) is 5.85. The van der Waals surface area contributed by atoms with E-state index >= 15 is 0 Å². The van der Waals surface area contributed by atoms with Crippen molar-refractivity contribution in [2.75, 3.05) is 76.4 Å². The van der Waals surface area contributed by atoms with Crippen molar-refractivity contribution in [1.82, 2.24) is 18.6 Å². The van der Waals surface area contributed by atoms with Crippen LogP contribution in [0.1, 0.15) is 5.56 Å². The predicted octanol–water partition coefficient (Wildman–Crippen LogP) is 8.27. The minimum absolute atomic E-state index is 0.0987. The molecule has 6 aromatic rings. The lowest BCUT2D eigenvalue weighted by Gasteiger charge is -2.34. The van der Waals surface area contributed by atoms with Crippen molar-refractivity contribution in [3.8, 4) is 34.0 Å². The molecule has 59 heavy (non-hydrogen) atoms. The summed E-state index contributed by atoms with van der Waals surface area (Å²) in [4.78, 5) is 14.0. The Hall–Kier alpha value is -4.26. The average molecular weight is 914 g/mol. The Kier molecular flexibility index (Phi) is 13.5. The second-order valence-corrected chi connectivity index (χ2v) is 19.9. The van der Waals surface area contributed by atoms with Crippen molar-refractivity contribution in [3.63, 3.8) is 0 Å². The van der Waals surface area contributed by atoms with Gasteiger partial charge in [0.05, 0.1) is 25.6 Å². The van der Waals surface area contributed by atoms with Gasteiger partial charge in [-0.25, -0.2) is 26.8 Å². The van der Waals surface area contributed by atoms with Gasteiger partial charge in [-0.05, 0) is 48.9 Å². The van der Waals surface area contributed by atoms with Crippen LogP contribution in [0.25, 0.3) is 22.5 Å². The second kappa shape index (κ2) is 18.6. The Morgan fingerprint density at radius 3 is 1.49 bits per heavy atom. The SMILES string of the molecule is COc1ccc(Cl)cc1S(=O)(=O)N1CCN(c2nc(-c3ccccc3)cs2)CC1.COc1ccc(Cl)cc1S(=O)(=O)N1CCN(c2nc(-c3ccccc3C)cs2)CC1. The summed E-state index contributed by atoms with van der Waals surface area (Å²) >= 11 is 15.2. The number of anilines is 2. The van der Waals surface area contributed by atoms with Crippen LogP contribution in [0.3, 0.4) is 0 Å². The zero-order valence-electron chi connectivity index (χ0n) is 32.5. The Balaban J connectivity index is 0.000000179. The van der Waals surface area contributed by atoms with Gasteiger partial charge >= 0.3 is 0 Å². The number of sulfonamides is 2. The van der Waals surface area contributed by atoms with Gasteiger partial charge in [-0.1, -0.05) is 77.8 Å². The molecule has 2 aliphatic rings. The highest BCUT2D eigenvalue weighted by atomic mass is 35.5. The molecule has 0 saturated carbocycles. The van der Waals surface area contributed by atoms with Gasteiger partial charge in [0.1, 0.15) is 21.3 Å². The van der Waals surface area contributed by atoms with Crippen LogP contribution in [0.2, 0.25) is 10.0 Å². The summed E-state index contributed by atoms with van der Waals surface area (Å²) in [5.74, 6) is 0.592. The lowest BCUT2D eigenvalue weighted by molar-refractivity contribution is 0.373. The number of piperazine rings is 2. The molecule has 0 N–H and O–H groups in total. The zero-order valence-corrected chi connectivity index (χ0v) is 37.3. The molecular weight excluding hydrogens is 872 g/mol. The lowest BCUT2D eigenvalue weighted by atomic mass is 10.1. The Morgan fingerprint density at radius 2 is 1.02 bits per heavy atom. The van der Waals surface area contributed by atoms with Crippen LogP contribution in [0.5, 0.6) is 11.5 Å². The highest BCUT2D eigenvalue weighted by Gasteiger charge is 2.33. The number of nitrogens with zero attached hydrogens (tertiary/aromatic N) is 6. The van der Waals surface area contributed by atoms with Crippen molar-refractivity contribution in [2.24, 2.45) is 0 Å². The number of hydrogen-bond donors (Lipinski definition) is 0. The quantitative estimate of drug-likeness (QED) is 0.133. The molecule has 310 valence electrons. The maximum atomic E-state index is 13.1. The fourth-order valence-corrected chi connectivity index (χ4v) is 12.2. The molecule has 0 radical (unpaired) electrons. The molecule has 2 saturated heterocycles. The summed E-state index contributed by atoms with van der Waals surface area (Å²) < 4.78 is 65.9. The lowest BCUT2D eigenvalue weighted by Crippen LogP contribution is -2.48. The highest BCUT2D eigenvalue weighted by Crippen LogP contribution is 2.34. The molecule has 2 aromatic heterocycles. The minimum atomic E-state index is -3.70. The molecule has 4 aromatic carbocycles. The first-order valence-electron chi connectivity index (χ1n) is 18.6. The van der Waals surface area contributed by atoms with Gasteiger partial charge in [-0.15, -0.1) is 22.7 Å². The fraction of sp³-hybridized carbons (Fsp3) is 0.268. The molecular formula is C41H42Cl2N6O6S4. The first kappa shape index (κ1) is 42.8. The molecule has 2 fully saturated rings. The first-order valence-corrected chi connectivity index (χ1v) is 24.0. The molecule has 0 atom stereocenters. The van der Waals surface area contributed by atoms with E-state index in [0.29, 0.717) is 73.9 Å². The van der Waals surface area contributed by atoms with Crippen LogP contribution in [-0.2, 0) is 20.0 Å². The van der Waals surface area contributed by atoms with Crippen molar-refractivity contribution in [2.45, 2.75) is 16.7 Å². The topological polar surface area (TPSA) is 125 Å². The highest BCUT2D eigenvalue weighted by molar-refractivity contribution is 7.89. The van der Waals surface area contributed by atoms with Gasteiger partial charge in [0.15, 0.2) is 10.3 Å². The van der Waals surface area contributed by atoms with E-state index in [1.165, 1.54) is 40.5 Å². The van der Waals surface area contributed by atoms with E-state index in [4.69, 9.17) is 42.6 Å². The summed E-state index contributed by atoms with van der Waals surface area (Å²) in [7, 11) is -4.48. The van der Waals surface area contributed by atoms with Crippen LogP contribution < -0.4 is 19.3 Å². The summed E-state index contributed by atoms with van der Waals surface area (Å²) in [5, 5.41) is 6.62. The Morgan fingerprint density at radius 1 is 0.576 bits per heavy atom. The van der Waals surface area contributed by atoms with Gasteiger partial charge in [0.2, 0.25) is 20.0 Å². The average Bonchev–Trinajstić information content (AvgIpc) is 3.96. The number of benzene rings is 4. The van der Waals surface area contributed by atoms with Crippen LogP contribution in [0, 0.1) is 6.92 Å². The zero-order chi connectivity index (χ0) is 41.7. The van der Waals surface area contributed by atoms with Crippen LogP contribution in [-0.4, -0.2) is 102 Å². The molecule has 18 heteroatoms. The van der Waals surface area contributed by atoms with Crippen molar-refractivity contribution in [1.29, 1.82) is 0 Å². The fourth-order valence-electron chi connectivity index (χ4n) is 6.77. The van der Waals surface area contributed by atoms with Gasteiger partial charge in [0.25, 0.3) is 0 Å². The Labute approximate surface area is 363 Å². The number of aromatic nitrogens is 2. The van der Waals surface area contributed by atoms with Crippen molar-refractivity contribution in [3.05, 3.63) is 117 Å². The van der Waals surface area contributed by atoms with Gasteiger partial charge in [-0.2, -0.15) is 8.61 Å². The molecule has 0 aliphatic carbocycles. The van der Waals surface area contributed by atoms with Gasteiger partial charge in [-0.3, -0.25) is 0 Å². The predicted molar refractivity (Wildman–Crippen MR) is 238 cm³/mol. The van der Waals surface area contributed by atoms with Crippen LogP contribution in [0.4, 0.5) is 10.3 Å². The van der Waals surface area contributed by atoms with E-state index in [2.05, 4.69) is 34.2 Å². The molecule has 2 aliphatic heterocycles. The van der Waals surface area contributed by atoms with Crippen molar-refractivity contribution < 1.29 is 26.3 Å². The third-order valence-corrected chi connectivity index (χ3v) is 16.1. The van der Waals surface area contributed by atoms with E-state index < -0.39 is 20.0 Å². The minimum Gasteiger partial charge on any atom is -0.495 e. The number of methoxy groups -OCH3 is 2. The number of aryl methyl sites for hydroxylation is 1. The number of hydrogen-bond acceptors (Lipinski definition) is 12. The van der Waals surface area contributed by atoms with Crippen LogP contribution >= 0.6 is 45.9 Å². The molecule has 0 amide bonds. The number of ether oxygens (including phenoxy) is 2. The van der Waals surface area contributed by atoms with Crippen molar-refractivity contribution >= 4 is 76.2 Å². The largest absolute Gasteiger partial charge is 0.495 e. The van der Waals surface area contributed by atoms with E-state index in [1.807, 2.05) is 47.8 Å². The van der Waals surface area contributed by atoms with E-state index in [-0.39, 0.29) is 9.79 Å². The molecule has 0 bridgehead atoms. The Bertz CT molecular complexity index is 2610. The summed E-state index contributed by atoms with van der Waals surface area (Å²) in [5.41, 5.74) is 5.26. The molecule has 0 unspecified atom stereocenters. The first-order chi connectivity index (χ1) is 28.4. The van der Waals surface area contributed by atoms with Gasteiger partial charge in [0, 0.05) is 84.3 Å². The maximum Gasteiger partial charge on any atom is 0.246 e. The molecule has 0 spiro atoms. The van der Waals surface area contributed by atoms with Gasteiger partial charge < -0.3 is 19.3 Å². The van der Waals surface area contributed by atoms with E-state index in [0.717, 1.165) is 32.8 Å². The maximum absolute atomic E-state index is 13.1. The smallest absolute Gasteiger partial charge is 0.246 e. The third kappa shape index (κ3) is 9.55. The van der Waals surface area contributed by atoms with E-state index in [9.17, 15) is 16.8 Å². The number of rotatable bonds is 10. The summed E-state index contributed by atoms with van der Waals surface area (Å²) in [6, 6.07) is 27.4. The normalized spacial score (nSPS) is 15.4. The standard InChI is InChI=1S/C21H22ClN3O3S2.C20H20ClN3O3S2/c1-15-5-3-4-6-17(15)18-14-29-21(23-18)24-9-11-25(12-10-24)30(26,27)20-13-16(22)7-8-19(20)28-2;1-27-18-8-7-16(21)13-19(18)29(25,26)24-11-9-23(10-12-24)20-22-17(14-28-20)15-5-3-2-4-6-15/h3-8,13-14H,9-12H2,1-2H3;2-8,13-14H,9-12H2,1H3. The van der Waals surface area contributed by atoms with Crippen LogP contribution in [0.15, 0.2) is 112 Å². The second-order valence-electron chi connectivity index (χ2n) is 13.6. The number of halogens is 2. The third-order valence-electron chi connectivity index (χ3n) is 9.98. The summed E-state index contributed by atoms with van der Waals surface area (Å²) in [6.07, 6.45) is 0. The monoisotopic (exact) mass is 912 g/mol. The molecule has 12 nitrogen and oxygen atoms in total. The van der Waals surface area contributed by atoms with E-state index in [1.54, 1.807) is 46.9 Å². The number of thiazole rings is 2.